The van der Waals surface area contributed by atoms with Gasteiger partial charge in [-0.15, -0.1) is 6.58 Å². The van der Waals surface area contributed by atoms with Gasteiger partial charge in [0.2, 0.25) is 0 Å². The van der Waals surface area contributed by atoms with E-state index in [2.05, 4.69) is 24.0 Å². The average molecular weight is 241 g/mol. The first-order valence-corrected chi connectivity index (χ1v) is 5.61. The van der Waals surface area contributed by atoms with Crippen LogP contribution in [-0.2, 0) is 6.42 Å². The number of hydrogen-bond donors (Lipinski definition) is 3. The molecule has 0 bridgehead atoms. The number of nitrogen functional groups attached to an aromatic ring is 1. The van der Waals surface area contributed by atoms with Crippen molar-refractivity contribution in [1.82, 2.24) is 6.15 Å². The number of rotatable bonds is 4. The Hall–Kier alpha value is -2.26. The summed E-state index contributed by atoms with van der Waals surface area (Å²) in [6.07, 6.45) is 2.77. The van der Waals surface area contributed by atoms with E-state index in [4.69, 9.17) is 5.73 Å². The monoisotopic (exact) mass is 241 g/mol. The molecule has 2 aromatic carbocycles. The second-order valence-electron chi connectivity index (χ2n) is 3.90. The normalized spacial score (nSPS) is 9.33. The Balaban J connectivity index is 0.00000162. The van der Waals surface area contributed by atoms with Crippen LogP contribution in [0.15, 0.2) is 61.2 Å². The maximum absolute atomic E-state index is 5.66. The molecule has 0 atom stereocenters. The Morgan fingerprint density at radius 1 is 1.06 bits per heavy atom. The van der Waals surface area contributed by atoms with E-state index in [9.17, 15) is 0 Å². The number of para-hydroxylation sites is 1. The van der Waals surface area contributed by atoms with Gasteiger partial charge in [-0.3, -0.25) is 0 Å². The highest BCUT2D eigenvalue weighted by molar-refractivity contribution is 5.64. The standard InChI is InChI=1S/C15H16N2.H3N/c1-2-5-12-6-3-4-7-15(12)17-14-10-8-13(16)9-11-14;/h2-4,6-11,17H,1,5,16H2;1H3. The van der Waals surface area contributed by atoms with Crippen molar-refractivity contribution in [2.45, 2.75) is 6.42 Å². The first kappa shape index (κ1) is 13.8. The van der Waals surface area contributed by atoms with Gasteiger partial charge in [-0.2, -0.15) is 0 Å². The Morgan fingerprint density at radius 3 is 2.39 bits per heavy atom. The van der Waals surface area contributed by atoms with Crippen LogP contribution in [0.25, 0.3) is 0 Å². The quantitative estimate of drug-likeness (QED) is 0.561. The van der Waals surface area contributed by atoms with Crippen molar-refractivity contribution in [2.75, 3.05) is 11.1 Å². The SMILES string of the molecule is C=CCc1ccccc1Nc1ccc(N)cc1.N. The van der Waals surface area contributed by atoms with Gasteiger partial charge < -0.3 is 17.2 Å². The third-order valence-electron chi connectivity index (χ3n) is 2.57. The predicted octanol–water partition coefficient (Wildman–Crippen LogP) is 3.90. The molecule has 0 heterocycles. The lowest BCUT2D eigenvalue weighted by molar-refractivity contribution is 1.27. The van der Waals surface area contributed by atoms with Crippen molar-refractivity contribution < 1.29 is 0 Å². The molecule has 0 saturated carbocycles. The van der Waals surface area contributed by atoms with E-state index in [0.29, 0.717) is 0 Å². The van der Waals surface area contributed by atoms with Crippen molar-refractivity contribution >= 4 is 17.1 Å². The Kier molecular flexibility index (Phi) is 4.96. The first-order valence-electron chi connectivity index (χ1n) is 5.61. The van der Waals surface area contributed by atoms with Crippen LogP contribution in [0.4, 0.5) is 17.1 Å². The van der Waals surface area contributed by atoms with Crippen LogP contribution in [0.5, 0.6) is 0 Å². The third-order valence-corrected chi connectivity index (χ3v) is 2.57. The van der Waals surface area contributed by atoms with Crippen LogP contribution < -0.4 is 17.2 Å². The zero-order valence-corrected chi connectivity index (χ0v) is 10.4. The molecule has 0 fully saturated rings. The number of allylic oxidation sites excluding steroid dienone is 1. The molecule has 2 aromatic rings. The zero-order valence-electron chi connectivity index (χ0n) is 10.4. The van der Waals surface area contributed by atoms with E-state index in [0.717, 1.165) is 23.5 Å². The number of anilines is 3. The lowest BCUT2D eigenvalue weighted by Crippen LogP contribution is -1.95. The van der Waals surface area contributed by atoms with E-state index in [1.807, 2.05) is 42.5 Å². The summed E-state index contributed by atoms with van der Waals surface area (Å²) in [6, 6.07) is 15.9. The zero-order chi connectivity index (χ0) is 12.1. The molecule has 0 amide bonds. The largest absolute Gasteiger partial charge is 0.399 e. The molecule has 0 spiro atoms. The van der Waals surface area contributed by atoms with Gasteiger partial charge in [0.15, 0.2) is 0 Å². The van der Waals surface area contributed by atoms with Crippen molar-refractivity contribution in [1.29, 1.82) is 0 Å². The summed E-state index contributed by atoms with van der Waals surface area (Å²) in [4.78, 5) is 0. The topological polar surface area (TPSA) is 73.0 Å². The summed E-state index contributed by atoms with van der Waals surface area (Å²) >= 11 is 0. The molecule has 18 heavy (non-hydrogen) atoms. The molecule has 0 aliphatic heterocycles. The molecule has 6 N–H and O–H groups in total. The summed E-state index contributed by atoms with van der Waals surface area (Å²) in [5.41, 5.74) is 9.81. The van der Waals surface area contributed by atoms with Gasteiger partial charge in [-0.1, -0.05) is 24.3 Å². The Morgan fingerprint density at radius 2 is 1.72 bits per heavy atom. The smallest absolute Gasteiger partial charge is 0.0419 e. The molecule has 3 nitrogen and oxygen atoms in total. The summed E-state index contributed by atoms with van der Waals surface area (Å²) in [7, 11) is 0. The highest BCUT2D eigenvalue weighted by Gasteiger charge is 2.00. The average Bonchev–Trinajstić information content (AvgIpc) is 2.35. The number of hydrogen-bond acceptors (Lipinski definition) is 3. The lowest BCUT2D eigenvalue weighted by Gasteiger charge is -2.11. The van der Waals surface area contributed by atoms with E-state index in [-0.39, 0.29) is 6.15 Å². The van der Waals surface area contributed by atoms with Crippen LogP contribution in [0.2, 0.25) is 0 Å². The van der Waals surface area contributed by atoms with Crippen LogP contribution in [0, 0.1) is 0 Å². The molecule has 0 unspecified atom stereocenters. The highest BCUT2D eigenvalue weighted by atomic mass is 14.9. The summed E-state index contributed by atoms with van der Waals surface area (Å²) in [5, 5.41) is 3.38. The summed E-state index contributed by atoms with van der Waals surface area (Å²) in [6.45, 7) is 3.77. The highest BCUT2D eigenvalue weighted by Crippen LogP contribution is 2.22. The maximum Gasteiger partial charge on any atom is 0.0419 e. The van der Waals surface area contributed by atoms with Crippen molar-refractivity contribution in [3.8, 4) is 0 Å². The minimum atomic E-state index is 0. The van der Waals surface area contributed by atoms with Gasteiger partial charge >= 0.3 is 0 Å². The minimum Gasteiger partial charge on any atom is -0.399 e. The number of benzene rings is 2. The van der Waals surface area contributed by atoms with Crippen molar-refractivity contribution in [3.05, 3.63) is 66.7 Å². The van der Waals surface area contributed by atoms with Crippen LogP contribution in [-0.4, -0.2) is 0 Å². The number of nitrogens with one attached hydrogen (secondary N) is 1. The van der Waals surface area contributed by atoms with Gasteiger partial charge in [0.1, 0.15) is 0 Å². The summed E-state index contributed by atoms with van der Waals surface area (Å²) in [5.74, 6) is 0. The maximum atomic E-state index is 5.66. The molecule has 2 rings (SSSR count). The fourth-order valence-electron chi connectivity index (χ4n) is 1.70. The van der Waals surface area contributed by atoms with E-state index in [1.165, 1.54) is 5.56 Å². The van der Waals surface area contributed by atoms with Gasteiger partial charge in [-0.25, -0.2) is 0 Å². The molecule has 0 aliphatic rings. The Labute approximate surface area is 108 Å². The molecular weight excluding hydrogens is 222 g/mol. The van der Waals surface area contributed by atoms with Gasteiger partial charge in [0.05, 0.1) is 0 Å². The van der Waals surface area contributed by atoms with Gasteiger partial charge in [0, 0.05) is 17.1 Å². The fraction of sp³-hybridized carbons (Fsp3) is 0.0667. The van der Waals surface area contributed by atoms with Gasteiger partial charge in [0.25, 0.3) is 0 Å². The lowest BCUT2D eigenvalue weighted by atomic mass is 10.1. The van der Waals surface area contributed by atoms with Gasteiger partial charge in [-0.05, 0) is 42.3 Å². The molecule has 0 aliphatic carbocycles. The van der Waals surface area contributed by atoms with E-state index >= 15 is 0 Å². The minimum absolute atomic E-state index is 0. The molecule has 0 radical (unpaired) electrons. The van der Waals surface area contributed by atoms with Crippen LogP contribution in [0.1, 0.15) is 5.56 Å². The molecule has 94 valence electrons. The second-order valence-corrected chi connectivity index (χ2v) is 3.90. The second kappa shape index (κ2) is 6.47. The third kappa shape index (κ3) is 3.37. The number of nitrogens with two attached hydrogens (primary N) is 1. The Bertz CT molecular complexity index is 503. The van der Waals surface area contributed by atoms with E-state index in [1.54, 1.807) is 0 Å². The first-order chi connectivity index (χ1) is 8.29. The van der Waals surface area contributed by atoms with Crippen LogP contribution in [0.3, 0.4) is 0 Å². The van der Waals surface area contributed by atoms with Crippen molar-refractivity contribution in [2.24, 2.45) is 0 Å². The predicted molar refractivity (Wildman–Crippen MR) is 79.5 cm³/mol. The van der Waals surface area contributed by atoms with E-state index < -0.39 is 0 Å². The van der Waals surface area contributed by atoms with Crippen molar-refractivity contribution in [3.63, 3.8) is 0 Å². The molecule has 0 aromatic heterocycles. The molecule has 0 saturated heterocycles. The van der Waals surface area contributed by atoms with Crippen LogP contribution >= 0.6 is 0 Å². The summed E-state index contributed by atoms with van der Waals surface area (Å²) < 4.78 is 0. The molecular formula is C15H19N3. The molecule has 3 heteroatoms. The fourth-order valence-corrected chi connectivity index (χ4v) is 1.70.